The molecule has 0 bridgehead atoms. The summed E-state index contributed by atoms with van der Waals surface area (Å²) < 4.78 is 0. The maximum atomic E-state index is 5.20. The monoisotopic (exact) mass is 128 g/mol. The van der Waals surface area contributed by atoms with E-state index in [9.17, 15) is 0 Å². The molecule has 0 unspecified atom stereocenters. The zero-order valence-corrected chi connectivity index (χ0v) is 6.65. The van der Waals surface area contributed by atoms with Crippen LogP contribution in [0.3, 0.4) is 0 Å². The van der Waals surface area contributed by atoms with Crippen LogP contribution in [0.2, 0.25) is 0 Å². The van der Waals surface area contributed by atoms with Gasteiger partial charge in [-0.25, -0.2) is 0 Å². The van der Waals surface area contributed by atoms with Crippen molar-refractivity contribution in [2.24, 2.45) is 11.8 Å². The summed E-state index contributed by atoms with van der Waals surface area (Å²) in [5, 5.41) is 0. The van der Waals surface area contributed by atoms with Gasteiger partial charge in [0.2, 0.25) is 0 Å². The van der Waals surface area contributed by atoms with Crippen molar-refractivity contribution in [3.05, 3.63) is 11.3 Å². The van der Waals surface area contributed by atoms with Gasteiger partial charge in [-0.2, -0.15) is 0 Å². The molecular formula is C7H16N2. The summed E-state index contributed by atoms with van der Waals surface area (Å²) in [5.74, 6) is 5.79. The average molecular weight is 128 g/mol. The summed E-state index contributed by atoms with van der Waals surface area (Å²) in [4.78, 5) is 0. The lowest BCUT2D eigenvalue weighted by molar-refractivity contribution is 0.726. The molecule has 0 aliphatic rings. The Morgan fingerprint density at radius 3 is 1.89 bits per heavy atom. The van der Waals surface area contributed by atoms with Crippen LogP contribution in [0, 0.1) is 5.92 Å². The van der Waals surface area contributed by atoms with Crippen molar-refractivity contribution in [2.45, 2.75) is 27.7 Å². The fourth-order valence-electron chi connectivity index (χ4n) is 0.547. The number of rotatable bonds is 2. The Kier molecular flexibility index (Phi) is 3.32. The molecule has 2 nitrogen and oxygen atoms in total. The number of hydrazine groups is 1. The van der Waals surface area contributed by atoms with Crippen molar-refractivity contribution in [3.63, 3.8) is 0 Å². The molecule has 0 heterocycles. The zero-order valence-electron chi connectivity index (χ0n) is 6.65. The van der Waals surface area contributed by atoms with Gasteiger partial charge >= 0.3 is 0 Å². The van der Waals surface area contributed by atoms with Crippen molar-refractivity contribution in [1.29, 1.82) is 0 Å². The van der Waals surface area contributed by atoms with Crippen LogP contribution in [0.25, 0.3) is 0 Å². The summed E-state index contributed by atoms with van der Waals surface area (Å²) in [7, 11) is 0. The first-order valence-electron chi connectivity index (χ1n) is 3.23. The molecule has 54 valence electrons. The van der Waals surface area contributed by atoms with Crippen LogP contribution in [-0.4, -0.2) is 0 Å². The highest BCUT2D eigenvalue weighted by Gasteiger charge is 1.98. The normalized spacial score (nSPS) is 13.6. The molecule has 2 heteroatoms. The summed E-state index contributed by atoms with van der Waals surface area (Å²) >= 11 is 0. The van der Waals surface area contributed by atoms with Gasteiger partial charge in [-0.15, -0.1) is 0 Å². The lowest BCUT2D eigenvalue weighted by Gasteiger charge is -2.09. The van der Waals surface area contributed by atoms with E-state index in [1.807, 2.05) is 6.92 Å². The lowest BCUT2D eigenvalue weighted by Crippen LogP contribution is -2.21. The van der Waals surface area contributed by atoms with Gasteiger partial charge in [-0.3, -0.25) is 5.84 Å². The van der Waals surface area contributed by atoms with Crippen molar-refractivity contribution < 1.29 is 0 Å². The highest BCUT2D eigenvalue weighted by molar-refractivity contribution is 5.08. The molecule has 0 aromatic carbocycles. The van der Waals surface area contributed by atoms with E-state index in [0.717, 1.165) is 5.70 Å². The van der Waals surface area contributed by atoms with Gasteiger partial charge in [-0.05, 0) is 19.8 Å². The quantitative estimate of drug-likeness (QED) is 0.436. The molecule has 0 saturated carbocycles. The second-order valence-corrected chi connectivity index (χ2v) is 2.61. The minimum absolute atomic E-state index is 0.584. The first-order valence-corrected chi connectivity index (χ1v) is 3.23. The van der Waals surface area contributed by atoms with E-state index in [-0.39, 0.29) is 0 Å². The number of allylic oxidation sites excluding steroid dienone is 2. The molecule has 9 heavy (non-hydrogen) atoms. The number of nitrogens with one attached hydrogen (secondary N) is 1. The van der Waals surface area contributed by atoms with Crippen LogP contribution in [0.1, 0.15) is 27.7 Å². The Bertz CT molecular complexity index is 114. The van der Waals surface area contributed by atoms with Crippen LogP contribution in [0.4, 0.5) is 0 Å². The van der Waals surface area contributed by atoms with E-state index in [2.05, 4.69) is 26.2 Å². The molecular weight excluding hydrogens is 112 g/mol. The second kappa shape index (κ2) is 3.51. The van der Waals surface area contributed by atoms with Crippen LogP contribution >= 0.6 is 0 Å². The second-order valence-electron chi connectivity index (χ2n) is 2.61. The first-order chi connectivity index (χ1) is 4.09. The lowest BCUT2D eigenvalue weighted by atomic mass is 10.0. The van der Waals surface area contributed by atoms with E-state index in [0.29, 0.717) is 5.92 Å². The summed E-state index contributed by atoms with van der Waals surface area (Å²) in [5.41, 5.74) is 5.02. The van der Waals surface area contributed by atoms with Gasteiger partial charge in [0.05, 0.1) is 0 Å². The van der Waals surface area contributed by atoms with Gasteiger partial charge in [0.1, 0.15) is 0 Å². The molecule has 0 spiro atoms. The number of nitrogens with two attached hydrogens (primary N) is 1. The Hall–Kier alpha value is -0.500. The van der Waals surface area contributed by atoms with Gasteiger partial charge in [0.25, 0.3) is 0 Å². The smallest absolute Gasteiger partial charge is 0.0220 e. The molecule has 0 amide bonds. The third-order valence-corrected chi connectivity index (χ3v) is 1.67. The highest BCUT2D eigenvalue weighted by Crippen LogP contribution is 2.10. The molecule has 0 aliphatic heterocycles. The predicted molar refractivity (Wildman–Crippen MR) is 40.5 cm³/mol. The molecule has 0 aliphatic carbocycles. The molecule has 0 aromatic heterocycles. The van der Waals surface area contributed by atoms with E-state index < -0.39 is 0 Å². The molecule has 0 saturated heterocycles. The average Bonchev–Trinajstić information content (AvgIpc) is 1.84. The Morgan fingerprint density at radius 2 is 1.78 bits per heavy atom. The van der Waals surface area contributed by atoms with Crippen LogP contribution in [0.5, 0.6) is 0 Å². The Balaban J connectivity index is 4.10. The van der Waals surface area contributed by atoms with Crippen molar-refractivity contribution in [2.75, 3.05) is 0 Å². The number of hydrogen-bond donors (Lipinski definition) is 2. The Labute approximate surface area is 57.1 Å². The molecule has 0 atom stereocenters. The fourth-order valence-corrected chi connectivity index (χ4v) is 0.547. The van der Waals surface area contributed by atoms with Crippen molar-refractivity contribution in [3.8, 4) is 0 Å². The molecule has 0 radical (unpaired) electrons. The van der Waals surface area contributed by atoms with Gasteiger partial charge in [-0.1, -0.05) is 19.4 Å². The topological polar surface area (TPSA) is 38.0 Å². The number of hydrogen-bond acceptors (Lipinski definition) is 2. The predicted octanol–water partition coefficient (Wildman–Crippen LogP) is 1.40. The van der Waals surface area contributed by atoms with Crippen molar-refractivity contribution in [1.82, 2.24) is 5.43 Å². The molecule has 0 aromatic rings. The van der Waals surface area contributed by atoms with E-state index in [4.69, 9.17) is 5.84 Å². The van der Waals surface area contributed by atoms with Crippen LogP contribution in [0.15, 0.2) is 11.3 Å². The Morgan fingerprint density at radius 1 is 1.33 bits per heavy atom. The van der Waals surface area contributed by atoms with Crippen LogP contribution < -0.4 is 11.3 Å². The minimum atomic E-state index is 0.584. The molecule has 0 fully saturated rings. The summed E-state index contributed by atoms with van der Waals surface area (Å²) in [6.07, 6.45) is 0. The maximum absolute atomic E-state index is 5.20. The summed E-state index contributed by atoms with van der Waals surface area (Å²) in [6, 6.07) is 0. The highest BCUT2D eigenvalue weighted by atomic mass is 15.2. The van der Waals surface area contributed by atoms with E-state index in [1.54, 1.807) is 0 Å². The largest absolute Gasteiger partial charge is 0.329 e. The maximum Gasteiger partial charge on any atom is 0.0220 e. The summed E-state index contributed by atoms with van der Waals surface area (Å²) in [6.45, 7) is 8.36. The van der Waals surface area contributed by atoms with Gasteiger partial charge in [0.15, 0.2) is 0 Å². The van der Waals surface area contributed by atoms with E-state index in [1.165, 1.54) is 5.57 Å². The standard InChI is InChI=1S/C7H16N2/c1-5(2)6(3)7(4)9-8/h5,9H,8H2,1-4H3/b7-6+. The first kappa shape index (κ1) is 8.50. The molecule has 3 N–H and O–H groups in total. The van der Waals surface area contributed by atoms with Crippen molar-refractivity contribution >= 4 is 0 Å². The fraction of sp³-hybridized carbons (Fsp3) is 0.714. The van der Waals surface area contributed by atoms with E-state index >= 15 is 0 Å². The third kappa shape index (κ3) is 2.51. The van der Waals surface area contributed by atoms with Gasteiger partial charge in [0, 0.05) is 5.70 Å². The zero-order chi connectivity index (χ0) is 7.44. The van der Waals surface area contributed by atoms with Gasteiger partial charge < -0.3 is 5.43 Å². The minimum Gasteiger partial charge on any atom is -0.329 e. The molecule has 0 rings (SSSR count). The third-order valence-electron chi connectivity index (χ3n) is 1.67. The van der Waals surface area contributed by atoms with Crippen LogP contribution in [-0.2, 0) is 0 Å². The SMILES string of the molecule is C/C(NN)=C(/C)C(C)C.